The standard InChI is InChI=1S/C12H17NO2/c1-8(13)12(14)9-3-2-4-11(7-9)15-10-5-6-10/h2-4,7-8,10,12,14H,5-6,13H2,1H3. The molecule has 2 unspecified atom stereocenters. The Morgan fingerprint density at radius 1 is 1.47 bits per heavy atom. The zero-order valence-electron chi connectivity index (χ0n) is 8.89. The van der Waals surface area contributed by atoms with Gasteiger partial charge in [-0.15, -0.1) is 0 Å². The number of benzene rings is 1. The van der Waals surface area contributed by atoms with Crippen LogP contribution in [0.3, 0.4) is 0 Å². The summed E-state index contributed by atoms with van der Waals surface area (Å²) in [6, 6.07) is 7.27. The lowest BCUT2D eigenvalue weighted by Crippen LogP contribution is -2.24. The van der Waals surface area contributed by atoms with Crippen LogP contribution in [0.5, 0.6) is 5.75 Å². The summed E-state index contributed by atoms with van der Waals surface area (Å²) < 4.78 is 5.64. The van der Waals surface area contributed by atoms with Crippen molar-refractivity contribution in [2.45, 2.75) is 38.0 Å². The number of nitrogens with two attached hydrogens (primary N) is 1. The largest absolute Gasteiger partial charge is 0.490 e. The summed E-state index contributed by atoms with van der Waals surface area (Å²) in [5, 5.41) is 9.79. The first kappa shape index (κ1) is 10.5. The zero-order valence-corrected chi connectivity index (χ0v) is 8.89. The van der Waals surface area contributed by atoms with E-state index in [1.165, 1.54) is 0 Å². The van der Waals surface area contributed by atoms with Crippen molar-refractivity contribution >= 4 is 0 Å². The van der Waals surface area contributed by atoms with Crippen molar-refractivity contribution in [1.82, 2.24) is 0 Å². The Labute approximate surface area is 89.9 Å². The SMILES string of the molecule is CC(N)C(O)c1cccc(OC2CC2)c1. The average molecular weight is 207 g/mol. The molecule has 0 aliphatic heterocycles. The fourth-order valence-corrected chi connectivity index (χ4v) is 1.45. The monoisotopic (exact) mass is 207 g/mol. The van der Waals surface area contributed by atoms with Crippen LogP contribution in [0.25, 0.3) is 0 Å². The number of hydrogen-bond donors (Lipinski definition) is 2. The highest BCUT2D eigenvalue weighted by atomic mass is 16.5. The molecular formula is C12H17NO2. The summed E-state index contributed by atoms with van der Waals surface area (Å²) in [5.41, 5.74) is 6.46. The van der Waals surface area contributed by atoms with E-state index in [4.69, 9.17) is 10.5 Å². The van der Waals surface area contributed by atoms with Gasteiger partial charge in [0.15, 0.2) is 0 Å². The molecular weight excluding hydrogens is 190 g/mol. The molecule has 3 nitrogen and oxygen atoms in total. The Balaban J connectivity index is 2.10. The lowest BCUT2D eigenvalue weighted by atomic mass is 10.0. The molecule has 3 heteroatoms. The maximum Gasteiger partial charge on any atom is 0.120 e. The second-order valence-electron chi connectivity index (χ2n) is 4.19. The maximum absolute atomic E-state index is 9.79. The third-order valence-corrected chi connectivity index (χ3v) is 2.52. The molecule has 1 aliphatic carbocycles. The van der Waals surface area contributed by atoms with E-state index in [1.54, 1.807) is 6.92 Å². The summed E-state index contributed by atoms with van der Waals surface area (Å²) in [5.74, 6) is 0.828. The molecule has 0 bridgehead atoms. The van der Waals surface area contributed by atoms with Crippen LogP contribution in [-0.2, 0) is 0 Å². The van der Waals surface area contributed by atoms with Gasteiger partial charge in [-0.2, -0.15) is 0 Å². The van der Waals surface area contributed by atoms with Gasteiger partial charge in [0.05, 0.1) is 12.2 Å². The average Bonchev–Trinajstić information content (AvgIpc) is 3.01. The molecule has 0 heterocycles. The van der Waals surface area contributed by atoms with Crippen molar-refractivity contribution in [3.63, 3.8) is 0 Å². The summed E-state index contributed by atoms with van der Waals surface area (Å²) in [6.45, 7) is 1.79. The summed E-state index contributed by atoms with van der Waals surface area (Å²) in [6.07, 6.45) is 2.04. The molecule has 3 N–H and O–H groups in total. The minimum Gasteiger partial charge on any atom is -0.490 e. The summed E-state index contributed by atoms with van der Waals surface area (Å²) in [7, 11) is 0. The first-order valence-corrected chi connectivity index (χ1v) is 5.37. The molecule has 1 aromatic rings. The number of rotatable bonds is 4. The van der Waals surface area contributed by atoms with E-state index in [2.05, 4.69) is 0 Å². The van der Waals surface area contributed by atoms with Gasteiger partial charge in [0, 0.05) is 6.04 Å². The van der Waals surface area contributed by atoms with Gasteiger partial charge >= 0.3 is 0 Å². The van der Waals surface area contributed by atoms with Gasteiger partial charge in [0.1, 0.15) is 5.75 Å². The molecule has 82 valence electrons. The third kappa shape index (κ3) is 2.70. The molecule has 1 aliphatic rings. The quantitative estimate of drug-likeness (QED) is 0.788. The zero-order chi connectivity index (χ0) is 10.8. The van der Waals surface area contributed by atoms with Gasteiger partial charge in [-0.05, 0) is 37.5 Å². The molecule has 0 radical (unpaired) electrons. The number of aliphatic hydroxyl groups is 1. The molecule has 0 aromatic heterocycles. The number of ether oxygens (including phenoxy) is 1. The van der Waals surface area contributed by atoms with Crippen molar-refractivity contribution in [1.29, 1.82) is 0 Å². The van der Waals surface area contributed by atoms with E-state index in [1.807, 2.05) is 24.3 Å². The predicted molar refractivity (Wildman–Crippen MR) is 58.7 cm³/mol. The van der Waals surface area contributed by atoms with Crippen molar-refractivity contribution in [2.75, 3.05) is 0 Å². The van der Waals surface area contributed by atoms with E-state index in [0.29, 0.717) is 6.10 Å². The second-order valence-corrected chi connectivity index (χ2v) is 4.19. The molecule has 1 saturated carbocycles. The van der Waals surface area contributed by atoms with Gasteiger partial charge in [-0.1, -0.05) is 12.1 Å². The first-order valence-electron chi connectivity index (χ1n) is 5.37. The van der Waals surface area contributed by atoms with Crippen molar-refractivity contribution in [3.05, 3.63) is 29.8 Å². The van der Waals surface area contributed by atoms with E-state index in [9.17, 15) is 5.11 Å². The summed E-state index contributed by atoms with van der Waals surface area (Å²) >= 11 is 0. The first-order chi connectivity index (χ1) is 7.16. The molecule has 0 spiro atoms. The van der Waals surface area contributed by atoms with Crippen LogP contribution in [0.1, 0.15) is 31.4 Å². The van der Waals surface area contributed by atoms with E-state index in [-0.39, 0.29) is 6.04 Å². The Morgan fingerprint density at radius 3 is 2.80 bits per heavy atom. The Bertz CT molecular complexity index is 334. The lowest BCUT2D eigenvalue weighted by molar-refractivity contribution is 0.153. The van der Waals surface area contributed by atoms with Crippen LogP contribution in [0.15, 0.2) is 24.3 Å². The molecule has 15 heavy (non-hydrogen) atoms. The van der Waals surface area contributed by atoms with Gasteiger partial charge in [-0.25, -0.2) is 0 Å². The summed E-state index contributed by atoms with van der Waals surface area (Å²) in [4.78, 5) is 0. The van der Waals surface area contributed by atoms with E-state index < -0.39 is 6.10 Å². The van der Waals surface area contributed by atoms with Gasteiger partial charge in [-0.3, -0.25) is 0 Å². The van der Waals surface area contributed by atoms with Crippen LogP contribution in [-0.4, -0.2) is 17.3 Å². The van der Waals surface area contributed by atoms with Gasteiger partial charge in [0.25, 0.3) is 0 Å². The molecule has 1 aromatic carbocycles. The number of hydrogen-bond acceptors (Lipinski definition) is 3. The van der Waals surface area contributed by atoms with E-state index in [0.717, 1.165) is 24.2 Å². The van der Waals surface area contributed by atoms with E-state index >= 15 is 0 Å². The van der Waals surface area contributed by atoms with Crippen LogP contribution >= 0.6 is 0 Å². The lowest BCUT2D eigenvalue weighted by Gasteiger charge is -2.15. The van der Waals surface area contributed by atoms with Crippen LogP contribution in [0, 0.1) is 0 Å². The molecule has 2 rings (SSSR count). The molecule has 1 fully saturated rings. The third-order valence-electron chi connectivity index (χ3n) is 2.52. The minimum absolute atomic E-state index is 0.263. The predicted octanol–water partition coefficient (Wildman–Crippen LogP) is 1.61. The molecule has 0 amide bonds. The molecule has 0 saturated heterocycles. The highest BCUT2D eigenvalue weighted by Gasteiger charge is 2.23. The maximum atomic E-state index is 9.79. The van der Waals surface area contributed by atoms with Crippen LogP contribution in [0.4, 0.5) is 0 Å². The minimum atomic E-state index is -0.618. The number of aliphatic hydroxyl groups excluding tert-OH is 1. The van der Waals surface area contributed by atoms with Crippen LogP contribution < -0.4 is 10.5 Å². The normalized spacial score (nSPS) is 19.7. The highest BCUT2D eigenvalue weighted by Crippen LogP contribution is 2.28. The van der Waals surface area contributed by atoms with Crippen molar-refractivity contribution in [3.8, 4) is 5.75 Å². The second kappa shape index (κ2) is 4.21. The fourth-order valence-electron chi connectivity index (χ4n) is 1.45. The molecule has 2 atom stereocenters. The topological polar surface area (TPSA) is 55.5 Å². The van der Waals surface area contributed by atoms with Crippen molar-refractivity contribution in [2.24, 2.45) is 5.73 Å². The Morgan fingerprint density at radius 2 is 2.20 bits per heavy atom. The highest BCUT2D eigenvalue weighted by molar-refractivity contribution is 5.30. The smallest absolute Gasteiger partial charge is 0.120 e. The van der Waals surface area contributed by atoms with Gasteiger partial charge in [0.2, 0.25) is 0 Å². The van der Waals surface area contributed by atoms with Gasteiger partial charge < -0.3 is 15.6 Å². The fraction of sp³-hybridized carbons (Fsp3) is 0.500. The van der Waals surface area contributed by atoms with Crippen molar-refractivity contribution < 1.29 is 9.84 Å². The Hall–Kier alpha value is -1.06. The van der Waals surface area contributed by atoms with Crippen LogP contribution in [0.2, 0.25) is 0 Å². The Kier molecular flexibility index (Phi) is 2.93.